The third-order valence-electron chi connectivity index (χ3n) is 3.02. The third kappa shape index (κ3) is 3.57. The van der Waals surface area contributed by atoms with Crippen LogP contribution in [0.3, 0.4) is 0 Å². The molecule has 0 bridgehead atoms. The van der Waals surface area contributed by atoms with Crippen LogP contribution in [0.15, 0.2) is 62.7 Å². The van der Waals surface area contributed by atoms with Gasteiger partial charge in [0.05, 0.1) is 11.8 Å². The number of hydrazone groups is 1. The van der Waals surface area contributed by atoms with Gasteiger partial charge in [0.1, 0.15) is 23.0 Å². The Hall–Kier alpha value is -2.67. The maximum atomic E-state index is 13.7. The number of H-pyrrole nitrogens is 1. The average Bonchev–Trinajstić information content (AvgIpc) is 3.17. The summed E-state index contributed by atoms with van der Waals surface area (Å²) in [5.74, 6) is 0.0455. The minimum atomic E-state index is -0.382. The second-order valence-electron chi connectivity index (χ2n) is 4.61. The van der Waals surface area contributed by atoms with E-state index in [-0.39, 0.29) is 11.7 Å². The van der Waals surface area contributed by atoms with Gasteiger partial charge < -0.3 is 9.40 Å². The molecule has 0 radical (unpaired) electrons. The summed E-state index contributed by atoms with van der Waals surface area (Å²) in [6.07, 6.45) is 2.99. The molecule has 0 aliphatic rings. The van der Waals surface area contributed by atoms with E-state index in [1.807, 2.05) is 0 Å². The number of aromatic amines is 1. The molecule has 7 heteroatoms. The number of rotatable bonds is 4. The molecule has 0 aliphatic carbocycles. The standard InChI is InChI=1S/C16H11BrFN3O2/c17-10-7-14(19-8-10)16(22)21-20-9-11-5-6-15(23-11)12-3-1-2-4-13(12)18/h1-9,19H,(H,21,22)/b20-9-. The van der Waals surface area contributed by atoms with Crippen molar-refractivity contribution in [3.05, 3.63) is 70.4 Å². The highest BCUT2D eigenvalue weighted by atomic mass is 79.9. The predicted octanol–water partition coefficient (Wildman–Crippen LogP) is 3.94. The normalized spacial score (nSPS) is 11.0. The molecule has 1 aromatic carbocycles. The molecule has 3 aromatic rings. The van der Waals surface area contributed by atoms with Crippen molar-refractivity contribution >= 4 is 28.1 Å². The van der Waals surface area contributed by atoms with Crippen LogP contribution < -0.4 is 5.43 Å². The smallest absolute Gasteiger partial charge is 0.287 e. The summed E-state index contributed by atoms with van der Waals surface area (Å²) in [6, 6.07) is 11.2. The number of hydrogen-bond donors (Lipinski definition) is 2. The van der Waals surface area contributed by atoms with Gasteiger partial charge in [-0.2, -0.15) is 5.10 Å². The zero-order chi connectivity index (χ0) is 16.2. The second kappa shape index (κ2) is 6.62. The van der Waals surface area contributed by atoms with Gasteiger partial charge in [0.2, 0.25) is 0 Å². The molecule has 0 atom stereocenters. The lowest BCUT2D eigenvalue weighted by molar-refractivity contribution is 0.0950. The molecule has 0 saturated carbocycles. The molecule has 0 aliphatic heterocycles. The summed E-state index contributed by atoms with van der Waals surface area (Å²) in [7, 11) is 0. The highest BCUT2D eigenvalue weighted by Crippen LogP contribution is 2.24. The minimum absolute atomic E-state index is 0.365. The van der Waals surface area contributed by atoms with Gasteiger partial charge in [-0.25, -0.2) is 9.82 Å². The highest BCUT2D eigenvalue weighted by Gasteiger charge is 2.09. The molecule has 1 amide bonds. The third-order valence-corrected chi connectivity index (χ3v) is 3.47. The van der Waals surface area contributed by atoms with Crippen LogP contribution in [0.2, 0.25) is 0 Å². The zero-order valence-electron chi connectivity index (χ0n) is 11.7. The van der Waals surface area contributed by atoms with E-state index >= 15 is 0 Å². The van der Waals surface area contributed by atoms with Gasteiger partial charge >= 0.3 is 0 Å². The lowest BCUT2D eigenvalue weighted by Crippen LogP contribution is -2.17. The number of benzene rings is 1. The Kier molecular flexibility index (Phi) is 4.38. The number of nitrogens with zero attached hydrogens (tertiary/aromatic N) is 1. The van der Waals surface area contributed by atoms with Gasteiger partial charge in [-0.3, -0.25) is 4.79 Å². The topological polar surface area (TPSA) is 70.4 Å². The fourth-order valence-corrected chi connectivity index (χ4v) is 2.29. The van der Waals surface area contributed by atoms with E-state index in [2.05, 4.69) is 31.4 Å². The Bertz CT molecular complexity index is 870. The van der Waals surface area contributed by atoms with Gasteiger partial charge in [0.15, 0.2) is 0 Å². The first-order valence-corrected chi connectivity index (χ1v) is 7.45. The number of halogens is 2. The molecule has 0 unspecified atom stereocenters. The van der Waals surface area contributed by atoms with Crippen molar-refractivity contribution in [3.8, 4) is 11.3 Å². The summed E-state index contributed by atoms with van der Waals surface area (Å²) >= 11 is 3.24. The van der Waals surface area contributed by atoms with Crippen molar-refractivity contribution in [2.24, 2.45) is 5.10 Å². The molecule has 2 aromatic heterocycles. The maximum Gasteiger partial charge on any atom is 0.287 e. The average molecular weight is 376 g/mol. The number of carbonyl (C=O) groups excluding carboxylic acids is 1. The zero-order valence-corrected chi connectivity index (χ0v) is 13.3. The first-order valence-electron chi connectivity index (χ1n) is 6.65. The molecule has 2 heterocycles. The number of amides is 1. The Labute approximate surface area is 139 Å². The second-order valence-corrected chi connectivity index (χ2v) is 5.53. The maximum absolute atomic E-state index is 13.7. The van der Waals surface area contributed by atoms with Crippen LogP contribution in [0.25, 0.3) is 11.3 Å². The van der Waals surface area contributed by atoms with Crippen molar-refractivity contribution in [1.29, 1.82) is 0 Å². The molecular formula is C16H11BrFN3O2. The number of nitrogens with one attached hydrogen (secondary N) is 2. The van der Waals surface area contributed by atoms with E-state index in [1.54, 1.807) is 42.6 Å². The Morgan fingerprint density at radius 1 is 1.30 bits per heavy atom. The molecule has 0 saturated heterocycles. The summed E-state index contributed by atoms with van der Waals surface area (Å²) in [5, 5.41) is 3.81. The van der Waals surface area contributed by atoms with Gasteiger partial charge in [-0.05, 0) is 46.3 Å². The molecular weight excluding hydrogens is 365 g/mol. The quantitative estimate of drug-likeness (QED) is 0.535. The molecule has 0 fully saturated rings. The summed E-state index contributed by atoms with van der Waals surface area (Å²) in [6.45, 7) is 0. The SMILES string of the molecule is O=C(N/N=C\c1ccc(-c2ccccc2F)o1)c1cc(Br)c[nH]1. The van der Waals surface area contributed by atoms with Crippen LogP contribution in [0.5, 0.6) is 0 Å². The monoisotopic (exact) mass is 375 g/mol. The Morgan fingerprint density at radius 2 is 2.13 bits per heavy atom. The van der Waals surface area contributed by atoms with Gasteiger partial charge in [0, 0.05) is 10.7 Å². The lowest BCUT2D eigenvalue weighted by Gasteiger charge is -1.98. The predicted molar refractivity (Wildman–Crippen MR) is 87.7 cm³/mol. The first kappa shape index (κ1) is 15.2. The number of aromatic nitrogens is 1. The van der Waals surface area contributed by atoms with Crippen molar-refractivity contribution in [2.45, 2.75) is 0 Å². The molecule has 2 N–H and O–H groups in total. The van der Waals surface area contributed by atoms with E-state index < -0.39 is 0 Å². The lowest BCUT2D eigenvalue weighted by atomic mass is 10.1. The van der Waals surface area contributed by atoms with Crippen molar-refractivity contribution in [1.82, 2.24) is 10.4 Å². The number of hydrogen-bond acceptors (Lipinski definition) is 3. The fourth-order valence-electron chi connectivity index (χ4n) is 1.94. The summed E-state index contributed by atoms with van der Waals surface area (Å²) < 4.78 is 19.9. The van der Waals surface area contributed by atoms with Crippen molar-refractivity contribution < 1.29 is 13.6 Å². The minimum Gasteiger partial charge on any atom is -0.455 e. The largest absolute Gasteiger partial charge is 0.455 e. The number of carbonyl (C=O) groups is 1. The van der Waals surface area contributed by atoms with E-state index in [0.29, 0.717) is 22.8 Å². The molecule has 23 heavy (non-hydrogen) atoms. The molecule has 0 spiro atoms. The first-order chi connectivity index (χ1) is 11.1. The Morgan fingerprint density at radius 3 is 2.87 bits per heavy atom. The van der Waals surface area contributed by atoms with Crippen LogP contribution in [-0.2, 0) is 0 Å². The van der Waals surface area contributed by atoms with E-state index in [4.69, 9.17) is 4.42 Å². The van der Waals surface area contributed by atoms with Crippen molar-refractivity contribution in [2.75, 3.05) is 0 Å². The fraction of sp³-hybridized carbons (Fsp3) is 0. The molecule has 5 nitrogen and oxygen atoms in total. The summed E-state index contributed by atoms with van der Waals surface area (Å²) in [4.78, 5) is 14.6. The van der Waals surface area contributed by atoms with Crippen LogP contribution in [0.4, 0.5) is 4.39 Å². The molecule has 3 rings (SSSR count). The number of furan rings is 1. The van der Waals surface area contributed by atoms with Crippen LogP contribution >= 0.6 is 15.9 Å². The van der Waals surface area contributed by atoms with Crippen molar-refractivity contribution in [3.63, 3.8) is 0 Å². The van der Waals surface area contributed by atoms with Crippen LogP contribution in [0, 0.1) is 5.82 Å². The summed E-state index contributed by atoms with van der Waals surface area (Å²) in [5.41, 5.74) is 3.11. The highest BCUT2D eigenvalue weighted by molar-refractivity contribution is 9.10. The van der Waals surface area contributed by atoms with Gasteiger partial charge in [0.25, 0.3) is 5.91 Å². The van der Waals surface area contributed by atoms with E-state index in [1.165, 1.54) is 12.3 Å². The van der Waals surface area contributed by atoms with Gasteiger partial charge in [-0.15, -0.1) is 0 Å². The Balaban J connectivity index is 1.67. The van der Waals surface area contributed by atoms with Crippen LogP contribution in [-0.4, -0.2) is 17.1 Å². The van der Waals surface area contributed by atoms with Gasteiger partial charge in [-0.1, -0.05) is 12.1 Å². The van der Waals surface area contributed by atoms with E-state index in [0.717, 1.165) is 4.47 Å². The van der Waals surface area contributed by atoms with E-state index in [9.17, 15) is 9.18 Å². The van der Waals surface area contributed by atoms with Crippen LogP contribution in [0.1, 0.15) is 16.2 Å². The molecule has 116 valence electrons.